The van der Waals surface area contributed by atoms with Gasteiger partial charge in [-0.25, -0.2) is 24.9 Å². The van der Waals surface area contributed by atoms with Crippen molar-refractivity contribution in [1.82, 2.24) is 39.4 Å². The van der Waals surface area contributed by atoms with Crippen molar-refractivity contribution in [1.29, 1.82) is 5.26 Å². The minimum absolute atomic E-state index is 0.117. The first kappa shape index (κ1) is 31.5. The first-order valence-corrected chi connectivity index (χ1v) is 16.0. The molecule has 2 aromatic carbocycles. The summed E-state index contributed by atoms with van der Waals surface area (Å²) in [5.41, 5.74) is 12.5. The van der Waals surface area contributed by atoms with Crippen LogP contribution in [0.5, 0.6) is 0 Å². The number of anilines is 2. The number of nitrogen functional groups attached to an aromatic ring is 1. The fourth-order valence-electron chi connectivity index (χ4n) is 5.62. The highest BCUT2D eigenvalue weighted by Crippen LogP contribution is 2.32. The fraction of sp³-hybridized carbons (Fsp3) is 0.229. The summed E-state index contributed by atoms with van der Waals surface area (Å²) < 4.78 is 2.04. The molecule has 0 unspecified atom stereocenters. The Morgan fingerprint density at radius 1 is 0.915 bits per heavy atom. The summed E-state index contributed by atoms with van der Waals surface area (Å²) in [5, 5.41) is 13.1. The number of fused-ring (bicyclic) bond motifs is 1. The van der Waals surface area contributed by atoms with Crippen LogP contribution in [0, 0.1) is 11.3 Å². The highest BCUT2D eigenvalue weighted by molar-refractivity contribution is 6.30. The van der Waals surface area contributed by atoms with Crippen molar-refractivity contribution in [2.45, 2.75) is 39.3 Å². The average Bonchev–Trinajstić information content (AvgIpc) is 3.49. The number of rotatable bonds is 7. The second kappa shape index (κ2) is 14.3. The van der Waals surface area contributed by atoms with Gasteiger partial charge in [0.2, 0.25) is 11.8 Å². The lowest BCUT2D eigenvalue weighted by Crippen LogP contribution is -2.39. The molecular formula is C35H34ClN11. The van der Waals surface area contributed by atoms with E-state index in [0.29, 0.717) is 22.6 Å². The van der Waals surface area contributed by atoms with Gasteiger partial charge in [-0.15, -0.1) is 0 Å². The number of imidazole rings is 1. The number of hydrogen-bond donors (Lipinski definition) is 2. The Morgan fingerprint density at radius 2 is 1.68 bits per heavy atom. The van der Waals surface area contributed by atoms with Crippen LogP contribution in [0.1, 0.15) is 38.1 Å². The molecule has 5 heterocycles. The number of likely N-dealkylation sites (tertiary alicyclic amines) is 1. The van der Waals surface area contributed by atoms with E-state index in [0.717, 1.165) is 66.1 Å². The number of benzene rings is 2. The van der Waals surface area contributed by atoms with Crippen LogP contribution >= 0.6 is 11.6 Å². The molecule has 0 amide bonds. The summed E-state index contributed by atoms with van der Waals surface area (Å²) >= 11 is 6.13. The highest BCUT2D eigenvalue weighted by Gasteiger charge is 2.21. The minimum Gasteiger partial charge on any atom is -0.383 e. The van der Waals surface area contributed by atoms with Crippen molar-refractivity contribution in [3.05, 3.63) is 102 Å². The van der Waals surface area contributed by atoms with Crippen molar-refractivity contribution in [2.75, 3.05) is 24.1 Å². The van der Waals surface area contributed by atoms with Crippen LogP contribution in [0.15, 0.2) is 85.3 Å². The Hall–Kier alpha value is -5.44. The van der Waals surface area contributed by atoms with Gasteiger partial charge in [-0.3, -0.25) is 9.47 Å². The third-order valence-electron chi connectivity index (χ3n) is 7.92. The number of hydrogen-bond acceptors (Lipinski definition) is 10. The number of halogens is 1. The van der Waals surface area contributed by atoms with Crippen molar-refractivity contribution in [3.63, 3.8) is 0 Å². The number of nitrogens with one attached hydrogen (secondary N) is 1. The van der Waals surface area contributed by atoms with E-state index in [1.807, 2.05) is 73.0 Å². The van der Waals surface area contributed by atoms with E-state index in [-0.39, 0.29) is 11.9 Å². The van der Waals surface area contributed by atoms with Gasteiger partial charge >= 0.3 is 0 Å². The Kier molecular flexibility index (Phi) is 9.61. The van der Waals surface area contributed by atoms with E-state index < -0.39 is 0 Å². The zero-order chi connectivity index (χ0) is 32.8. The summed E-state index contributed by atoms with van der Waals surface area (Å²) in [4.78, 5) is 28.9. The molecule has 3 N–H and O–H groups in total. The van der Waals surface area contributed by atoms with E-state index in [4.69, 9.17) is 32.6 Å². The number of pyridine rings is 2. The standard InChI is InChI=1S/C33H28ClN11.C2H6/c34-23-7-5-22(6-8-23)27-11-12-28-32(41-27)45(31(42-28)26-2-1-15-37-30(26)36)25-9-3-21(4-10-25)19-44-16-13-24(14-17-44)40-33-39-20-38-29(18-35)43-33;1-2/h1-12,15,20,24H,13-14,16-17,19H2,(H2,36,37)(H,38,39,40,43);1-2H3. The smallest absolute Gasteiger partial charge is 0.236 e. The first-order chi connectivity index (χ1) is 23.0. The Morgan fingerprint density at radius 3 is 2.40 bits per heavy atom. The van der Waals surface area contributed by atoms with Crippen LogP contribution in [0.2, 0.25) is 5.02 Å². The van der Waals surface area contributed by atoms with Crippen LogP contribution < -0.4 is 11.1 Å². The van der Waals surface area contributed by atoms with Crippen LogP contribution in [0.25, 0.3) is 39.5 Å². The van der Waals surface area contributed by atoms with E-state index in [2.05, 4.69) is 54.4 Å². The molecule has 1 fully saturated rings. The summed E-state index contributed by atoms with van der Waals surface area (Å²) in [6.45, 7) is 6.70. The number of nitrogens with zero attached hydrogens (tertiary/aromatic N) is 9. The molecule has 12 heteroatoms. The lowest BCUT2D eigenvalue weighted by molar-refractivity contribution is 0.211. The third-order valence-corrected chi connectivity index (χ3v) is 8.17. The topological polar surface area (TPSA) is 147 Å². The van der Waals surface area contributed by atoms with Gasteiger partial charge in [-0.2, -0.15) is 10.2 Å². The van der Waals surface area contributed by atoms with E-state index in [1.54, 1.807) is 6.20 Å². The molecule has 0 aliphatic carbocycles. The number of nitriles is 1. The molecule has 11 nitrogen and oxygen atoms in total. The normalized spacial score (nSPS) is 13.5. The maximum Gasteiger partial charge on any atom is 0.236 e. The van der Waals surface area contributed by atoms with Crippen molar-refractivity contribution in [2.24, 2.45) is 0 Å². The molecule has 236 valence electrons. The Bertz CT molecular complexity index is 2010. The molecule has 6 aromatic rings. The predicted molar refractivity (Wildman–Crippen MR) is 185 cm³/mol. The molecule has 0 atom stereocenters. The summed E-state index contributed by atoms with van der Waals surface area (Å²) in [5.74, 6) is 1.65. The summed E-state index contributed by atoms with van der Waals surface area (Å²) in [7, 11) is 0. The van der Waals surface area contributed by atoms with E-state index >= 15 is 0 Å². The number of nitrogens with two attached hydrogens (primary N) is 1. The molecule has 0 spiro atoms. The van der Waals surface area contributed by atoms with Crippen molar-refractivity contribution >= 4 is 34.5 Å². The minimum atomic E-state index is 0.117. The van der Waals surface area contributed by atoms with Gasteiger partial charge in [0.05, 0.1) is 11.3 Å². The Labute approximate surface area is 278 Å². The maximum atomic E-state index is 9.04. The molecule has 1 aliphatic heterocycles. The molecule has 47 heavy (non-hydrogen) atoms. The van der Waals surface area contributed by atoms with Gasteiger partial charge in [0.1, 0.15) is 23.7 Å². The Balaban J connectivity index is 0.00000190. The zero-order valence-corrected chi connectivity index (χ0v) is 26.9. The number of aromatic nitrogens is 7. The van der Waals surface area contributed by atoms with Crippen molar-refractivity contribution in [3.8, 4) is 34.4 Å². The largest absolute Gasteiger partial charge is 0.383 e. The van der Waals surface area contributed by atoms with E-state index in [1.165, 1.54) is 11.9 Å². The lowest BCUT2D eigenvalue weighted by Gasteiger charge is -2.32. The quantitative estimate of drug-likeness (QED) is 0.196. The maximum absolute atomic E-state index is 9.04. The highest BCUT2D eigenvalue weighted by atomic mass is 35.5. The molecule has 1 aliphatic rings. The van der Waals surface area contributed by atoms with Crippen LogP contribution in [-0.2, 0) is 6.54 Å². The lowest BCUT2D eigenvalue weighted by atomic mass is 10.0. The SMILES string of the molecule is CC.N#Cc1ncnc(NC2CCN(Cc3ccc(-n4c(-c5cccnc5N)nc5ccc(-c6ccc(Cl)cc6)nc54)cc3)CC2)n1. The van der Waals surface area contributed by atoms with Gasteiger partial charge in [0.25, 0.3) is 0 Å². The van der Waals surface area contributed by atoms with Crippen LogP contribution in [-0.4, -0.2) is 58.5 Å². The fourth-order valence-corrected chi connectivity index (χ4v) is 5.74. The van der Waals surface area contributed by atoms with Gasteiger partial charge in [-0.05, 0) is 66.9 Å². The van der Waals surface area contributed by atoms with Crippen LogP contribution in [0.4, 0.5) is 11.8 Å². The molecular weight excluding hydrogens is 610 g/mol. The zero-order valence-electron chi connectivity index (χ0n) is 26.2. The van der Waals surface area contributed by atoms with Gasteiger partial charge in [0, 0.05) is 48.1 Å². The summed E-state index contributed by atoms with van der Waals surface area (Å²) in [6, 6.07) is 26.1. The van der Waals surface area contributed by atoms with E-state index in [9.17, 15) is 0 Å². The molecule has 4 aromatic heterocycles. The van der Waals surface area contributed by atoms with Crippen LogP contribution in [0.3, 0.4) is 0 Å². The van der Waals surface area contributed by atoms with Gasteiger partial charge < -0.3 is 11.1 Å². The molecule has 0 radical (unpaired) electrons. The van der Waals surface area contributed by atoms with Gasteiger partial charge in [0.15, 0.2) is 11.5 Å². The molecule has 0 saturated carbocycles. The second-order valence-corrected chi connectivity index (χ2v) is 11.3. The molecule has 1 saturated heterocycles. The van der Waals surface area contributed by atoms with Crippen molar-refractivity contribution < 1.29 is 0 Å². The van der Waals surface area contributed by atoms with Gasteiger partial charge in [-0.1, -0.05) is 49.7 Å². The first-order valence-electron chi connectivity index (χ1n) is 15.6. The average molecular weight is 644 g/mol. The summed E-state index contributed by atoms with van der Waals surface area (Å²) in [6.07, 6.45) is 4.94. The molecule has 0 bridgehead atoms. The number of piperidine rings is 1. The molecule has 7 rings (SSSR count). The predicted octanol–water partition coefficient (Wildman–Crippen LogP) is 6.54. The second-order valence-electron chi connectivity index (χ2n) is 10.9. The third kappa shape index (κ3) is 7.04. The monoisotopic (exact) mass is 643 g/mol.